The number of para-hydroxylation sites is 2. The van der Waals surface area contributed by atoms with Gasteiger partial charge in [0.15, 0.2) is 0 Å². The van der Waals surface area contributed by atoms with Crippen molar-refractivity contribution in [1.29, 1.82) is 0 Å². The van der Waals surface area contributed by atoms with Crippen LogP contribution in [0.15, 0.2) is 206 Å². The Balaban J connectivity index is 1.19. The highest BCUT2D eigenvalue weighted by Gasteiger charge is 2.23. The van der Waals surface area contributed by atoms with Gasteiger partial charge in [-0.05, 0) is 103 Å². The minimum Gasteiger partial charge on any atom is -0.309 e. The minimum atomic E-state index is 1.12. The third-order valence-corrected chi connectivity index (χ3v) is 11.1. The molecule has 0 aliphatic heterocycles. The van der Waals surface area contributed by atoms with Crippen molar-refractivity contribution >= 4 is 82.0 Å². The average molecular weight is 687 g/mol. The summed E-state index contributed by atoms with van der Waals surface area (Å²) in [6, 6.07) is 75.4. The van der Waals surface area contributed by atoms with Crippen LogP contribution in [0.1, 0.15) is 0 Å². The molecule has 0 bridgehead atoms. The van der Waals surface area contributed by atoms with Crippen LogP contribution in [-0.2, 0) is 0 Å². The van der Waals surface area contributed by atoms with Crippen molar-refractivity contribution in [3.8, 4) is 16.8 Å². The summed E-state index contributed by atoms with van der Waals surface area (Å²) in [6.45, 7) is 0. The second-order valence-corrected chi connectivity index (χ2v) is 14.1. The van der Waals surface area contributed by atoms with Gasteiger partial charge in [-0.15, -0.1) is 0 Å². The zero-order valence-corrected chi connectivity index (χ0v) is 29.5. The number of hydrogen-bond donors (Lipinski definition) is 0. The third kappa shape index (κ3) is 4.74. The van der Waals surface area contributed by atoms with Crippen LogP contribution in [0.3, 0.4) is 0 Å². The molecule has 0 atom stereocenters. The fourth-order valence-corrected chi connectivity index (χ4v) is 8.70. The highest BCUT2D eigenvalue weighted by Crippen LogP contribution is 2.47. The molecule has 0 saturated carbocycles. The maximum Gasteiger partial charge on any atom is 0.0562 e. The SMILES string of the molecule is c1ccc(-n2c3ccccc3c3c(N(c4ccc5c(ccc6ccccc65)c4)c4cccc5cc(-c6cccc7ccccc67)ccc45)cccc32)cc1. The summed E-state index contributed by atoms with van der Waals surface area (Å²) < 4.78 is 2.40. The summed E-state index contributed by atoms with van der Waals surface area (Å²) in [5, 5.41) is 12.4. The largest absolute Gasteiger partial charge is 0.309 e. The van der Waals surface area contributed by atoms with Crippen LogP contribution >= 0.6 is 0 Å². The molecule has 11 aromatic rings. The monoisotopic (exact) mass is 686 g/mol. The Morgan fingerprint density at radius 2 is 0.926 bits per heavy atom. The number of fused-ring (bicyclic) bond motifs is 8. The number of benzene rings is 10. The lowest BCUT2D eigenvalue weighted by Crippen LogP contribution is -2.11. The van der Waals surface area contributed by atoms with E-state index in [1.807, 2.05) is 0 Å². The predicted octanol–water partition coefficient (Wildman–Crippen LogP) is 14.5. The lowest BCUT2D eigenvalue weighted by atomic mass is 9.95. The highest BCUT2D eigenvalue weighted by molar-refractivity contribution is 6.18. The summed E-state index contributed by atoms with van der Waals surface area (Å²) in [5.74, 6) is 0. The van der Waals surface area contributed by atoms with Crippen molar-refractivity contribution in [2.24, 2.45) is 0 Å². The van der Waals surface area contributed by atoms with Gasteiger partial charge in [-0.1, -0.05) is 152 Å². The van der Waals surface area contributed by atoms with Crippen molar-refractivity contribution in [1.82, 2.24) is 4.57 Å². The Bertz CT molecular complexity index is 3220. The first kappa shape index (κ1) is 30.5. The summed E-state index contributed by atoms with van der Waals surface area (Å²) in [7, 11) is 0. The number of anilines is 3. The molecule has 0 saturated heterocycles. The molecule has 2 nitrogen and oxygen atoms in total. The van der Waals surface area contributed by atoms with Crippen LogP contribution in [0.2, 0.25) is 0 Å². The van der Waals surface area contributed by atoms with Crippen LogP contribution in [-0.4, -0.2) is 4.57 Å². The van der Waals surface area contributed by atoms with E-state index in [2.05, 4.69) is 216 Å². The molecule has 54 heavy (non-hydrogen) atoms. The summed E-state index contributed by atoms with van der Waals surface area (Å²) in [4.78, 5) is 2.48. The number of aromatic nitrogens is 1. The van der Waals surface area contributed by atoms with E-state index >= 15 is 0 Å². The summed E-state index contributed by atoms with van der Waals surface area (Å²) in [5.41, 5.74) is 9.38. The second-order valence-electron chi connectivity index (χ2n) is 14.1. The van der Waals surface area contributed by atoms with Gasteiger partial charge in [-0.25, -0.2) is 0 Å². The van der Waals surface area contributed by atoms with E-state index in [1.165, 1.54) is 76.0 Å². The molecule has 0 spiro atoms. The zero-order valence-electron chi connectivity index (χ0n) is 29.5. The Hall–Kier alpha value is -7.16. The molecule has 0 aliphatic carbocycles. The van der Waals surface area contributed by atoms with Gasteiger partial charge >= 0.3 is 0 Å². The molecule has 252 valence electrons. The van der Waals surface area contributed by atoms with E-state index in [-0.39, 0.29) is 0 Å². The third-order valence-electron chi connectivity index (χ3n) is 11.1. The summed E-state index contributed by atoms with van der Waals surface area (Å²) in [6.07, 6.45) is 0. The molecule has 0 aliphatic rings. The van der Waals surface area contributed by atoms with Crippen molar-refractivity contribution in [3.05, 3.63) is 206 Å². The van der Waals surface area contributed by atoms with Crippen LogP contribution < -0.4 is 4.90 Å². The average Bonchev–Trinajstić information content (AvgIpc) is 3.59. The fraction of sp³-hybridized carbons (Fsp3) is 0. The lowest BCUT2D eigenvalue weighted by Gasteiger charge is -2.28. The first-order chi connectivity index (χ1) is 26.8. The van der Waals surface area contributed by atoms with E-state index in [0.29, 0.717) is 0 Å². The Kier molecular flexibility index (Phi) is 6.90. The maximum atomic E-state index is 2.48. The van der Waals surface area contributed by atoms with Crippen molar-refractivity contribution in [2.45, 2.75) is 0 Å². The predicted molar refractivity (Wildman–Crippen MR) is 231 cm³/mol. The molecule has 0 amide bonds. The van der Waals surface area contributed by atoms with E-state index in [4.69, 9.17) is 0 Å². The minimum absolute atomic E-state index is 1.12. The molecule has 2 heteroatoms. The number of rotatable bonds is 5. The van der Waals surface area contributed by atoms with Crippen LogP contribution in [0.25, 0.3) is 81.7 Å². The molecule has 0 radical (unpaired) electrons. The van der Waals surface area contributed by atoms with E-state index < -0.39 is 0 Å². The van der Waals surface area contributed by atoms with Gasteiger partial charge in [-0.3, -0.25) is 0 Å². The van der Waals surface area contributed by atoms with Crippen molar-refractivity contribution in [2.75, 3.05) is 4.90 Å². The Morgan fingerprint density at radius 1 is 0.333 bits per heavy atom. The topological polar surface area (TPSA) is 8.17 Å². The van der Waals surface area contributed by atoms with Gasteiger partial charge < -0.3 is 9.47 Å². The number of nitrogens with zero attached hydrogens (tertiary/aromatic N) is 2. The Morgan fingerprint density at radius 3 is 1.81 bits per heavy atom. The maximum absolute atomic E-state index is 2.48. The molecular weight excluding hydrogens is 653 g/mol. The van der Waals surface area contributed by atoms with Gasteiger partial charge in [0.05, 0.1) is 22.4 Å². The first-order valence-corrected chi connectivity index (χ1v) is 18.6. The molecule has 1 heterocycles. The normalized spacial score (nSPS) is 11.7. The first-order valence-electron chi connectivity index (χ1n) is 18.6. The molecule has 1 aromatic heterocycles. The molecular formula is C52H34N2. The highest BCUT2D eigenvalue weighted by atomic mass is 15.1. The van der Waals surface area contributed by atoms with Crippen molar-refractivity contribution in [3.63, 3.8) is 0 Å². The van der Waals surface area contributed by atoms with Crippen LogP contribution in [0.5, 0.6) is 0 Å². The molecule has 0 N–H and O–H groups in total. The van der Waals surface area contributed by atoms with Crippen LogP contribution in [0, 0.1) is 0 Å². The quantitative estimate of drug-likeness (QED) is 0.164. The van der Waals surface area contributed by atoms with E-state index in [1.54, 1.807) is 0 Å². The van der Waals surface area contributed by atoms with E-state index in [9.17, 15) is 0 Å². The molecule has 10 aromatic carbocycles. The second kappa shape index (κ2) is 12.2. The fourth-order valence-electron chi connectivity index (χ4n) is 8.70. The van der Waals surface area contributed by atoms with Crippen LogP contribution in [0.4, 0.5) is 17.1 Å². The molecule has 0 fully saturated rings. The van der Waals surface area contributed by atoms with E-state index in [0.717, 1.165) is 22.7 Å². The molecule has 11 rings (SSSR count). The van der Waals surface area contributed by atoms with Gasteiger partial charge in [0.25, 0.3) is 0 Å². The Labute approximate surface area is 313 Å². The lowest BCUT2D eigenvalue weighted by molar-refractivity contribution is 1.18. The standard InChI is InChI=1S/C52H34N2/c1-2-17-40(18-3-1)53-49-23-9-8-21-47(49)52-50(53)25-12-26-51(52)54(41-30-32-45-39(34-41)28-27-36-14-5-7-20-43(36)45)48-24-11-16-37-33-38(29-31-46(37)48)44-22-10-15-35-13-4-6-19-42(35)44/h1-34H. The van der Waals surface area contributed by atoms with Gasteiger partial charge in [0.2, 0.25) is 0 Å². The van der Waals surface area contributed by atoms with Gasteiger partial charge in [0.1, 0.15) is 0 Å². The zero-order chi connectivity index (χ0) is 35.6. The molecule has 0 unspecified atom stereocenters. The van der Waals surface area contributed by atoms with Gasteiger partial charge in [0, 0.05) is 27.5 Å². The van der Waals surface area contributed by atoms with Gasteiger partial charge in [-0.2, -0.15) is 0 Å². The number of hydrogen-bond acceptors (Lipinski definition) is 1. The summed E-state index contributed by atoms with van der Waals surface area (Å²) >= 11 is 0. The van der Waals surface area contributed by atoms with Crippen molar-refractivity contribution < 1.29 is 0 Å². The smallest absolute Gasteiger partial charge is 0.0562 e.